The van der Waals surface area contributed by atoms with E-state index in [9.17, 15) is 14.0 Å². The van der Waals surface area contributed by atoms with Crippen LogP contribution in [0.2, 0.25) is 0 Å². The number of halogens is 1. The third-order valence-corrected chi connectivity index (χ3v) is 3.29. The van der Waals surface area contributed by atoms with Crippen LogP contribution in [0.1, 0.15) is 17.3 Å². The Morgan fingerprint density at radius 3 is 2.79 bits per heavy atom. The van der Waals surface area contributed by atoms with Crippen LogP contribution >= 0.6 is 0 Å². The molecule has 1 atom stereocenters. The number of hydrogen-bond acceptors (Lipinski definition) is 3. The van der Waals surface area contributed by atoms with Gasteiger partial charge in [-0.3, -0.25) is 9.59 Å². The second-order valence-corrected chi connectivity index (χ2v) is 4.58. The normalized spacial score (nSPS) is 21.9. The Labute approximate surface area is 108 Å². The average Bonchev–Trinajstić information content (AvgIpc) is 2.41. The second kappa shape index (κ2) is 4.37. The fourth-order valence-corrected chi connectivity index (χ4v) is 2.16. The van der Waals surface area contributed by atoms with Gasteiger partial charge in [0.15, 0.2) is 5.78 Å². The molecule has 1 amide bonds. The van der Waals surface area contributed by atoms with Crippen molar-refractivity contribution in [3.63, 3.8) is 0 Å². The molecule has 0 bridgehead atoms. The Morgan fingerprint density at radius 1 is 1.47 bits per heavy atom. The van der Waals surface area contributed by atoms with Crippen molar-refractivity contribution in [2.45, 2.75) is 6.92 Å². The van der Waals surface area contributed by atoms with Gasteiger partial charge >= 0.3 is 0 Å². The van der Waals surface area contributed by atoms with E-state index < -0.39 is 22.9 Å². The van der Waals surface area contributed by atoms with Crippen molar-refractivity contribution < 1.29 is 14.0 Å². The van der Waals surface area contributed by atoms with Crippen molar-refractivity contribution in [1.29, 1.82) is 0 Å². The maximum Gasteiger partial charge on any atom is 0.240 e. The van der Waals surface area contributed by atoms with Gasteiger partial charge in [0.2, 0.25) is 5.91 Å². The van der Waals surface area contributed by atoms with Crippen LogP contribution in [0.4, 0.5) is 10.1 Å². The Bertz CT molecular complexity index is 624. The van der Waals surface area contributed by atoms with E-state index in [0.717, 1.165) is 12.1 Å². The monoisotopic (exact) mass is 262 g/mol. The summed E-state index contributed by atoms with van der Waals surface area (Å²) in [5.74, 6) is -1.49. The molecule has 1 aliphatic heterocycles. The van der Waals surface area contributed by atoms with E-state index in [1.54, 1.807) is 0 Å². The summed E-state index contributed by atoms with van der Waals surface area (Å²) >= 11 is 0. The molecular formula is C12H11FN4O2. The van der Waals surface area contributed by atoms with E-state index in [2.05, 4.69) is 10.0 Å². The van der Waals surface area contributed by atoms with Crippen LogP contribution in [0.3, 0.4) is 0 Å². The van der Waals surface area contributed by atoms with Gasteiger partial charge in [-0.2, -0.15) is 0 Å². The highest BCUT2D eigenvalue weighted by atomic mass is 19.1. The van der Waals surface area contributed by atoms with Gasteiger partial charge in [-0.25, -0.2) is 4.39 Å². The number of carbonyl (C=O) groups excluding carboxylic acids is 2. The SMILES string of the molecule is CN1C(=O)C(C)(CN=[N+]=[N-])C(=O)c2ccc(F)cc21. The molecule has 0 saturated carbocycles. The van der Waals surface area contributed by atoms with Gasteiger partial charge in [-0.05, 0) is 30.7 Å². The van der Waals surface area contributed by atoms with Crippen LogP contribution in [-0.2, 0) is 4.79 Å². The number of anilines is 1. The predicted octanol–water partition coefficient (Wildman–Crippen LogP) is 2.30. The minimum Gasteiger partial charge on any atom is -0.314 e. The third kappa shape index (κ3) is 1.84. The number of amides is 1. The predicted molar refractivity (Wildman–Crippen MR) is 66.3 cm³/mol. The number of carbonyl (C=O) groups is 2. The highest BCUT2D eigenvalue weighted by Gasteiger charge is 2.47. The number of ketones is 1. The van der Waals surface area contributed by atoms with Crippen molar-refractivity contribution >= 4 is 17.4 Å². The Balaban J connectivity index is 2.60. The largest absolute Gasteiger partial charge is 0.314 e. The Hall–Kier alpha value is -2.40. The first-order valence-corrected chi connectivity index (χ1v) is 5.55. The molecule has 0 radical (unpaired) electrons. The van der Waals surface area contributed by atoms with Gasteiger partial charge in [-0.15, -0.1) is 0 Å². The Kier molecular flexibility index (Phi) is 3.00. The quantitative estimate of drug-likeness (QED) is 0.354. The smallest absolute Gasteiger partial charge is 0.240 e. The summed E-state index contributed by atoms with van der Waals surface area (Å²) in [5.41, 5.74) is 7.39. The van der Waals surface area contributed by atoms with E-state index in [1.165, 1.54) is 24.9 Å². The van der Waals surface area contributed by atoms with Gasteiger partial charge in [0.1, 0.15) is 11.2 Å². The third-order valence-electron chi connectivity index (χ3n) is 3.29. The number of hydrogen-bond donors (Lipinski definition) is 0. The number of Topliss-reactive ketones (excluding diaryl/α,β-unsaturated/α-hetero) is 1. The molecule has 1 aliphatic rings. The minimum absolute atomic E-state index is 0.230. The van der Waals surface area contributed by atoms with Crippen LogP contribution in [0.25, 0.3) is 10.4 Å². The molecule has 2 rings (SSSR count). The van der Waals surface area contributed by atoms with Gasteiger partial charge in [0, 0.05) is 24.1 Å². The summed E-state index contributed by atoms with van der Waals surface area (Å²) < 4.78 is 13.2. The molecule has 1 unspecified atom stereocenters. The molecular weight excluding hydrogens is 251 g/mol. The van der Waals surface area contributed by atoms with Gasteiger partial charge in [0.25, 0.3) is 0 Å². The minimum atomic E-state index is -1.44. The number of fused-ring (bicyclic) bond motifs is 1. The zero-order valence-electron chi connectivity index (χ0n) is 10.4. The first-order valence-electron chi connectivity index (χ1n) is 5.55. The van der Waals surface area contributed by atoms with E-state index in [0.29, 0.717) is 0 Å². The van der Waals surface area contributed by atoms with Gasteiger partial charge in [0.05, 0.1) is 5.69 Å². The highest BCUT2D eigenvalue weighted by Crippen LogP contribution is 2.37. The van der Waals surface area contributed by atoms with E-state index in [-0.39, 0.29) is 17.8 Å². The standard InChI is InChI=1S/C12H11FN4O2/c1-12(6-15-16-14)10(18)8-4-3-7(13)5-9(8)17(2)11(12)19/h3-5H,6H2,1-2H3. The van der Waals surface area contributed by atoms with Crippen molar-refractivity contribution in [3.8, 4) is 0 Å². The van der Waals surface area contributed by atoms with Crippen LogP contribution in [0, 0.1) is 11.2 Å². The molecule has 0 saturated heterocycles. The lowest BCUT2D eigenvalue weighted by atomic mass is 9.77. The molecule has 1 heterocycles. The molecule has 98 valence electrons. The molecule has 0 aromatic heterocycles. The first kappa shape index (κ1) is 13.0. The zero-order valence-corrected chi connectivity index (χ0v) is 10.4. The molecule has 1 aromatic carbocycles. The van der Waals surface area contributed by atoms with Crippen LogP contribution < -0.4 is 4.90 Å². The van der Waals surface area contributed by atoms with Crippen LogP contribution in [0.5, 0.6) is 0 Å². The molecule has 0 N–H and O–H groups in total. The molecule has 6 nitrogen and oxygen atoms in total. The van der Waals surface area contributed by atoms with E-state index in [1.807, 2.05) is 0 Å². The molecule has 0 fully saturated rings. The van der Waals surface area contributed by atoms with Gasteiger partial charge < -0.3 is 4.90 Å². The van der Waals surface area contributed by atoms with Crippen molar-refractivity contribution in [3.05, 3.63) is 40.0 Å². The van der Waals surface area contributed by atoms with Crippen molar-refractivity contribution in [2.75, 3.05) is 18.5 Å². The van der Waals surface area contributed by atoms with Crippen molar-refractivity contribution in [1.82, 2.24) is 0 Å². The number of nitrogens with zero attached hydrogens (tertiary/aromatic N) is 4. The van der Waals surface area contributed by atoms with Crippen LogP contribution in [0.15, 0.2) is 23.3 Å². The first-order chi connectivity index (χ1) is 8.91. The lowest BCUT2D eigenvalue weighted by Crippen LogP contribution is -2.51. The summed E-state index contributed by atoms with van der Waals surface area (Å²) in [7, 11) is 1.46. The zero-order chi connectivity index (χ0) is 14.2. The Morgan fingerprint density at radius 2 is 2.16 bits per heavy atom. The van der Waals surface area contributed by atoms with E-state index >= 15 is 0 Å². The molecule has 19 heavy (non-hydrogen) atoms. The molecule has 7 heteroatoms. The topological polar surface area (TPSA) is 86.1 Å². The second-order valence-electron chi connectivity index (χ2n) is 4.58. The van der Waals surface area contributed by atoms with Gasteiger partial charge in [-0.1, -0.05) is 5.11 Å². The number of rotatable bonds is 2. The summed E-state index contributed by atoms with van der Waals surface area (Å²) in [6.45, 7) is 1.16. The summed E-state index contributed by atoms with van der Waals surface area (Å²) in [6.07, 6.45) is 0. The molecule has 0 aliphatic carbocycles. The van der Waals surface area contributed by atoms with Crippen molar-refractivity contribution in [2.24, 2.45) is 10.5 Å². The molecule has 1 aromatic rings. The summed E-state index contributed by atoms with van der Waals surface area (Å²) in [6, 6.07) is 3.64. The molecule has 0 spiro atoms. The lowest BCUT2D eigenvalue weighted by molar-refractivity contribution is -0.124. The maximum atomic E-state index is 13.2. The summed E-state index contributed by atoms with van der Waals surface area (Å²) in [5, 5.41) is 3.33. The lowest BCUT2D eigenvalue weighted by Gasteiger charge is -2.36. The number of benzene rings is 1. The van der Waals surface area contributed by atoms with E-state index in [4.69, 9.17) is 5.53 Å². The van der Waals surface area contributed by atoms with Crippen LogP contribution in [-0.4, -0.2) is 25.3 Å². The average molecular weight is 262 g/mol. The fraction of sp³-hybridized carbons (Fsp3) is 0.333. The highest BCUT2D eigenvalue weighted by molar-refractivity contribution is 6.24. The summed E-state index contributed by atoms with van der Waals surface area (Å²) in [4.78, 5) is 28.4. The fourth-order valence-electron chi connectivity index (χ4n) is 2.16. The number of azide groups is 1. The maximum absolute atomic E-state index is 13.2.